The highest BCUT2D eigenvalue weighted by Crippen LogP contribution is 2.20. The van der Waals surface area contributed by atoms with Gasteiger partial charge in [0.05, 0.1) is 4.92 Å². The van der Waals surface area contributed by atoms with E-state index in [2.05, 4.69) is 0 Å². The van der Waals surface area contributed by atoms with E-state index in [0.717, 1.165) is 12.5 Å². The van der Waals surface area contributed by atoms with Crippen LogP contribution >= 0.6 is 0 Å². The van der Waals surface area contributed by atoms with Crippen molar-refractivity contribution in [3.63, 3.8) is 0 Å². The minimum absolute atomic E-state index is 0.00301. The van der Waals surface area contributed by atoms with Crippen LogP contribution in [0.1, 0.15) is 18.9 Å². The first-order valence-electron chi connectivity index (χ1n) is 4.08. The lowest BCUT2D eigenvalue weighted by molar-refractivity contribution is -0.385. The maximum atomic E-state index is 12.7. The number of nitrogens with zero attached hydrogens (tertiary/aromatic N) is 1. The fourth-order valence-corrected chi connectivity index (χ4v) is 1.20. The van der Waals surface area contributed by atoms with E-state index in [-0.39, 0.29) is 5.69 Å². The molecule has 13 heavy (non-hydrogen) atoms. The zero-order chi connectivity index (χ0) is 9.84. The molecule has 0 spiro atoms. The summed E-state index contributed by atoms with van der Waals surface area (Å²) < 4.78 is 12.7. The highest BCUT2D eigenvalue weighted by atomic mass is 19.1. The lowest BCUT2D eigenvalue weighted by Gasteiger charge is -2.00. The summed E-state index contributed by atoms with van der Waals surface area (Å²) in [6, 6.07) is 3.54. The number of hydrogen-bond donors (Lipinski definition) is 0. The molecule has 0 saturated heterocycles. The number of nitro groups is 1. The van der Waals surface area contributed by atoms with Crippen molar-refractivity contribution in [2.45, 2.75) is 19.8 Å². The zero-order valence-electron chi connectivity index (χ0n) is 7.29. The van der Waals surface area contributed by atoms with Crippen LogP contribution in [-0.4, -0.2) is 4.92 Å². The molecule has 70 valence electrons. The molecular weight excluding hydrogens is 173 g/mol. The molecule has 1 aromatic carbocycles. The molecule has 0 unspecified atom stereocenters. The van der Waals surface area contributed by atoms with Gasteiger partial charge in [-0.1, -0.05) is 13.3 Å². The summed E-state index contributed by atoms with van der Waals surface area (Å²) >= 11 is 0. The Hall–Kier alpha value is -1.45. The molecule has 0 aliphatic carbocycles. The van der Waals surface area contributed by atoms with Gasteiger partial charge in [-0.05, 0) is 18.6 Å². The summed E-state index contributed by atoms with van der Waals surface area (Å²) in [7, 11) is 0. The van der Waals surface area contributed by atoms with Crippen LogP contribution in [0.3, 0.4) is 0 Å². The monoisotopic (exact) mass is 183 g/mol. The second-order valence-corrected chi connectivity index (χ2v) is 2.78. The molecule has 0 amide bonds. The topological polar surface area (TPSA) is 43.1 Å². The quantitative estimate of drug-likeness (QED) is 0.534. The maximum absolute atomic E-state index is 12.7. The van der Waals surface area contributed by atoms with Crippen LogP contribution in [0.2, 0.25) is 0 Å². The van der Waals surface area contributed by atoms with Gasteiger partial charge in [-0.2, -0.15) is 0 Å². The van der Waals surface area contributed by atoms with Crippen LogP contribution in [0.25, 0.3) is 0 Å². The van der Waals surface area contributed by atoms with Crippen molar-refractivity contribution in [1.82, 2.24) is 0 Å². The number of rotatable bonds is 3. The molecule has 0 aliphatic heterocycles. The van der Waals surface area contributed by atoms with Gasteiger partial charge >= 0.3 is 0 Å². The van der Waals surface area contributed by atoms with Crippen molar-refractivity contribution in [1.29, 1.82) is 0 Å². The Morgan fingerprint density at radius 3 is 2.77 bits per heavy atom. The molecule has 1 aromatic rings. The third kappa shape index (κ3) is 2.24. The maximum Gasteiger partial charge on any atom is 0.272 e. The minimum atomic E-state index is -0.482. The SMILES string of the molecule is CCCc1cc(F)ccc1[N+](=O)[O-]. The molecule has 3 nitrogen and oxygen atoms in total. The van der Waals surface area contributed by atoms with Gasteiger partial charge in [0.15, 0.2) is 0 Å². The molecule has 0 heterocycles. The number of nitro benzene ring substituents is 1. The van der Waals surface area contributed by atoms with Crippen molar-refractivity contribution in [2.24, 2.45) is 0 Å². The summed E-state index contributed by atoms with van der Waals surface area (Å²) in [6.07, 6.45) is 1.30. The van der Waals surface area contributed by atoms with Gasteiger partial charge in [-0.3, -0.25) is 10.1 Å². The van der Waals surface area contributed by atoms with E-state index < -0.39 is 10.7 Å². The van der Waals surface area contributed by atoms with Crippen LogP contribution in [0, 0.1) is 15.9 Å². The van der Waals surface area contributed by atoms with E-state index in [1.54, 1.807) is 0 Å². The number of halogens is 1. The highest BCUT2D eigenvalue weighted by molar-refractivity contribution is 5.40. The van der Waals surface area contributed by atoms with Gasteiger partial charge in [0, 0.05) is 11.6 Å². The van der Waals surface area contributed by atoms with E-state index in [9.17, 15) is 14.5 Å². The molecule has 0 radical (unpaired) electrons. The predicted molar refractivity (Wildman–Crippen MR) is 47.0 cm³/mol. The van der Waals surface area contributed by atoms with Crippen molar-refractivity contribution >= 4 is 5.69 Å². The van der Waals surface area contributed by atoms with Crippen LogP contribution in [0.4, 0.5) is 10.1 Å². The summed E-state index contributed by atoms with van der Waals surface area (Å²) in [5, 5.41) is 10.5. The predicted octanol–water partition coefficient (Wildman–Crippen LogP) is 2.69. The third-order valence-electron chi connectivity index (χ3n) is 1.76. The molecule has 0 atom stereocenters. The molecule has 0 aliphatic rings. The highest BCUT2D eigenvalue weighted by Gasteiger charge is 2.12. The molecule has 1 rings (SSSR count). The first kappa shape index (κ1) is 9.64. The Balaban J connectivity index is 3.10. The number of aryl methyl sites for hydroxylation is 1. The minimum Gasteiger partial charge on any atom is -0.258 e. The molecule has 0 aromatic heterocycles. The molecular formula is C9H10FNO2. The lowest BCUT2D eigenvalue weighted by atomic mass is 10.1. The van der Waals surface area contributed by atoms with E-state index >= 15 is 0 Å². The normalized spacial score (nSPS) is 10.0. The third-order valence-corrected chi connectivity index (χ3v) is 1.76. The fraction of sp³-hybridized carbons (Fsp3) is 0.333. The lowest BCUT2D eigenvalue weighted by Crippen LogP contribution is -1.95. The molecule has 4 heteroatoms. The Kier molecular flexibility index (Phi) is 2.95. The van der Waals surface area contributed by atoms with Crippen LogP contribution in [-0.2, 0) is 6.42 Å². The average Bonchev–Trinajstić information content (AvgIpc) is 2.04. The number of benzene rings is 1. The van der Waals surface area contributed by atoms with E-state index in [0.29, 0.717) is 12.0 Å². The van der Waals surface area contributed by atoms with Crippen LogP contribution in [0.5, 0.6) is 0 Å². The number of hydrogen-bond acceptors (Lipinski definition) is 2. The van der Waals surface area contributed by atoms with Gasteiger partial charge in [-0.15, -0.1) is 0 Å². The second kappa shape index (κ2) is 3.98. The molecule has 0 fully saturated rings. The van der Waals surface area contributed by atoms with Gasteiger partial charge in [0.25, 0.3) is 5.69 Å². The Morgan fingerprint density at radius 2 is 2.23 bits per heavy atom. The molecule has 0 bridgehead atoms. The standard InChI is InChI=1S/C9H10FNO2/c1-2-3-7-6-8(10)4-5-9(7)11(12)13/h4-6H,2-3H2,1H3. The molecule has 0 saturated carbocycles. The fourth-order valence-electron chi connectivity index (χ4n) is 1.20. The smallest absolute Gasteiger partial charge is 0.258 e. The largest absolute Gasteiger partial charge is 0.272 e. The summed E-state index contributed by atoms with van der Waals surface area (Å²) in [6.45, 7) is 1.90. The van der Waals surface area contributed by atoms with E-state index in [1.807, 2.05) is 6.92 Å². The van der Waals surface area contributed by atoms with Crippen molar-refractivity contribution < 1.29 is 9.31 Å². The van der Waals surface area contributed by atoms with Gasteiger partial charge in [0.2, 0.25) is 0 Å². The van der Waals surface area contributed by atoms with Crippen molar-refractivity contribution in [3.8, 4) is 0 Å². The van der Waals surface area contributed by atoms with Crippen molar-refractivity contribution in [3.05, 3.63) is 39.7 Å². The average molecular weight is 183 g/mol. The Labute approximate surface area is 75.3 Å². The van der Waals surface area contributed by atoms with E-state index in [4.69, 9.17) is 0 Å². The Morgan fingerprint density at radius 1 is 1.54 bits per heavy atom. The first-order valence-corrected chi connectivity index (χ1v) is 4.08. The summed E-state index contributed by atoms with van der Waals surface area (Å²) in [5.74, 6) is -0.422. The van der Waals surface area contributed by atoms with Crippen LogP contribution < -0.4 is 0 Å². The van der Waals surface area contributed by atoms with Gasteiger partial charge in [-0.25, -0.2) is 4.39 Å². The first-order chi connectivity index (χ1) is 6.15. The zero-order valence-corrected chi connectivity index (χ0v) is 7.29. The second-order valence-electron chi connectivity index (χ2n) is 2.78. The van der Waals surface area contributed by atoms with Gasteiger partial charge < -0.3 is 0 Å². The summed E-state index contributed by atoms with van der Waals surface area (Å²) in [4.78, 5) is 10.0. The van der Waals surface area contributed by atoms with Crippen LogP contribution in [0.15, 0.2) is 18.2 Å². The Bertz CT molecular complexity index is 325. The molecule has 0 N–H and O–H groups in total. The van der Waals surface area contributed by atoms with E-state index in [1.165, 1.54) is 12.1 Å². The van der Waals surface area contributed by atoms with Crippen molar-refractivity contribution in [2.75, 3.05) is 0 Å². The summed E-state index contributed by atoms with van der Waals surface area (Å²) in [5.41, 5.74) is 0.468. The van der Waals surface area contributed by atoms with Gasteiger partial charge in [0.1, 0.15) is 5.82 Å².